The van der Waals surface area contributed by atoms with Gasteiger partial charge in [0.25, 0.3) is 5.91 Å². The normalized spacial score (nSPS) is 18.7. The summed E-state index contributed by atoms with van der Waals surface area (Å²) < 4.78 is 0. The van der Waals surface area contributed by atoms with Gasteiger partial charge in [0.1, 0.15) is 0 Å². The lowest BCUT2D eigenvalue weighted by molar-refractivity contribution is -0.117. The number of H-pyrrole nitrogens is 1. The summed E-state index contributed by atoms with van der Waals surface area (Å²) in [5.74, 6) is 5.79. The van der Waals surface area contributed by atoms with Crippen molar-refractivity contribution < 1.29 is 9.59 Å². The van der Waals surface area contributed by atoms with E-state index in [1.165, 1.54) is 0 Å². The quantitative estimate of drug-likeness (QED) is 0.491. The summed E-state index contributed by atoms with van der Waals surface area (Å²) in [6, 6.07) is 7.39. The lowest BCUT2D eigenvalue weighted by atomic mass is 10.0. The molecular formula is C23H20N6O2. The predicted molar refractivity (Wildman–Crippen MR) is 118 cm³/mol. The number of carbonyl (C=O) groups is 2. The SMILES string of the molecule is CNCC#Cc1[nH]c2cc(NC(=O)[C@@H]3CC3c3cccnc3)cc3c2c1C=NNC3=O. The second-order valence-electron chi connectivity index (χ2n) is 7.62. The average Bonchev–Trinajstić information content (AvgIpc) is 3.53. The van der Waals surface area contributed by atoms with E-state index in [1.54, 1.807) is 24.7 Å². The molecule has 1 aromatic carbocycles. The van der Waals surface area contributed by atoms with Crippen LogP contribution in [0.3, 0.4) is 0 Å². The van der Waals surface area contributed by atoms with Gasteiger partial charge in [-0.05, 0) is 49.1 Å². The fourth-order valence-electron chi connectivity index (χ4n) is 3.96. The van der Waals surface area contributed by atoms with E-state index in [0.29, 0.717) is 23.5 Å². The fraction of sp³-hybridized carbons (Fsp3) is 0.217. The van der Waals surface area contributed by atoms with Crippen LogP contribution in [0.5, 0.6) is 0 Å². The molecular weight excluding hydrogens is 392 g/mol. The molecule has 2 atom stereocenters. The molecule has 2 amide bonds. The molecule has 4 N–H and O–H groups in total. The van der Waals surface area contributed by atoms with Gasteiger partial charge in [0, 0.05) is 40.5 Å². The largest absolute Gasteiger partial charge is 0.347 e. The topological polar surface area (TPSA) is 111 Å². The second kappa shape index (κ2) is 7.70. The number of hydrazone groups is 1. The molecule has 1 fully saturated rings. The van der Waals surface area contributed by atoms with Gasteiger partial charge in [-0.3, -0.25) is 14.6 Å². The zero-order valence-electron chi connectivity index (χ0n) is 16.8. The Kier molecular flexibility index (Phi) is 4.73. The number of nitrogens with one attached hydrogen (secondary N) is 4. The van der Waals surface area contributed by atoms with Crippen LogP contribution in [0.25, 0.3) is 10.9 Å². The first kappa shape index (κ1) is 19.0. The number of pyridine rings is 1. The van der Waals surface area contributed by atoms with Crippen LogP contribution < -0.4 is 16.1 Å². The molecule has 1 unspecified atom stereocenters. The summed E-state index contributed by atoms with van der Waals surface area (Å²) in [7, 11) is 1.82. The Hall–Kier alpha value is -3.96. The Labute approximate surface area is 178 Å². The summed E-state index contributed by atoms with van der Waals surface area (Å²) in [6.07, 6.45) is 5.91. The molecule has 2 aromatic heterocycles. The van der Waals surface area contributed by atoms with Gasteiger partial charge >= 0.3 is 0 Å². The summed E-state index contributed by atoms with van der Waals surface area (Å²) in [5, 5.41) is 10.7. The van der Waals surface area contributed by atoms with Crippen LogP contribution in [0.4, 0.5) is 5.69 Å². The predicted octanol–water partition coefficient (Wildman–Crippen LogP) is 1.95. The van der Waals surface area contributed by atoms with Crippen molar-refractivity contribution in [2.45, 2.75) is 12.3 Å². The lowest BCUT2D eigenvalue weighted by Crippen LogP contribution is -2.18. The number of carbonyl (C=O) groups excluding carboxylic acids is 2. The van der Waals surface area contributed by atoms with Crippen molar-refractivity contribution in [3.63, 3.8) is 0 Å². The number of hydrogen-bond donors (Lipinski definition) is 4. The van der Waals surface area contributed by atoms with Crippen LogP contribution in [0, 0.1) is 17.8 Å². The van der Waals surface area contributed by atoms with Crippen molar-refractivity contribution in [1.29, 1.82) is 0 Å². The van der Waals surface area contributed by atoms with E-state index in [1.807, 2.05) is 25.2 Å². The molecule has 1 saturated carbocycles. The molecule has 31 heavy (non-hydrogen) atoms. The molecule has 0 spiro atoms. The minimum atomic E-state index is -0.329. The Bertz CT molecular complexity index is 1280. The van der Waals surface area contributed by atoms with E-state index >= 15 is 0 Å². The van der Waals surface area contributed by atoms with Gasteiger partial charge in [-0.15, -0.1) is 0 Å². The monoisotopic (exact) mass is 412 g/mol. The zero-order chi connectivity index (χ0) is 21.4. The van der Waals surface area contributed by atoms with Crippen molar-refractivity contribution >= 4 is 34.6 Å². The van der Waals surface area contributed by atoms with E-state index in [0.717, 1.165) is 28.5 Å². The highest BCUT2D eigenvalue weighted by Gasteiger charge is 2.44. The maximum atomic E-state index is 12.8. The van der Waals surface area contributed by atoms with Gasteiger partial charge in [0.15, 0.2) is 0 Å². The molecule has 154 valence electrons. The number of anilines is 1. The molecule has 3 aromatic rings. The number of aromatic nitrogens is 2. The van der Waals surface area contributed by atoms with Crippen molar-refractivity contribution in [2.24, 2.45) is 11.0 Å². The highest BCUT2D eigenvalue weighted by Crippen LogP contribution is 2.47. The van der Waals surface area contributed by atoms with Crippen molar-refractivity contribution in [1.82, 2.24) is 20.7 Å². The second-order valence-corrected chi connectivity index (χ2v) is 7.62. The molecule has 5 rings (SSSR count). The number of nitrogens with zero attached hydrogens (tertiary/aromatic N) is 2. The van der Waals surface area contributed by atoms with Crippen LogP contribution in [0.15, 0.2) is 41.8 Å². The van der Waals surface area contributed by atoms with Gasteiger partial charge in [-0.1, -0.05) is 12.0 Å². The summed E-state index contributed by atoms with van der Waals surface area (Å²) in [5.41, 5.74) is 6.73. The van der Waals surface area contributed by atoms with Gasteiger partial charge in [0.05, 0.1) is 24.0 Å². The number of amides is 2. The maximum absolute atomic E-state index is 12.8. The molecule has 0 saturated heterocycles. The van der Waals surface area contributed by atoms with Gasteiger partial charge in [-0.2, -0.15) is 5.10 Å². The highest BCUT2D eigenvalue weighted by molar-refractivity contribution is 6.16. The molecule has 0 bridgehead atoms. The number of aromatic amines is 1. The standard InChI is InChI=1S/C23H20N6O2/c1-24-6-3-5-19-18-12-26-29-23(31)17-8-14(9-20(28-19)21(17)18)27-22(30)16-10-15(16)13-4-2-7-25-11-13/h2,4,7-9,11-12,15-16,24,28H,6,10H2,1H3,(H,27,30)(H,29,31)/t15?,16-/m1/s1. The molecule has 2 aliphatic rings. The smallest absolute Gasteiger partial charge is 0.272 e. The zero-order valence-corrected chi connectivity index (χ0v) is 16.8. The summed E-state index contributed by atoms with van der Waals surface area (Å²) >= 11 is 0. The number of rotatable bonds is 4. The molecule has 1 aliphatic carbocycles. The molecule has 3 heterocycles. The van der Waals surface area contributed by atoms with Crippen molar-refractivity contribution in [3.05, 3.63) is 59.0 Å². The highest BCUT2D eigenvalue weighted by atomic mass is 16.2. The Morgan fingerprint density at radius 1 is 1.35 bits per heavy atom. The molecule has 1 aliphatic heterocycles. The average molecular weight is 412 g/mol. The van der Waals surface area contributed by atoms with Crippen molar-refractivity contribution in [3.8, 4) is 11.8 Å². The minimum Gasteiger partial charge on any atom is -0.347 e. The third-order valence-corrected chi connectivity index (χ3v) is 5.53. The van der Waals surface area contributed by atoms with Crippen molar-refractivity contribution in [2.75, 3.05) is 18.9 Å². The third kappa shape index (κ3) is 3.56. The first-order chi connectivity index (χ1) is 15.2. The lowest BCUT2D eigenvalue weighted by Gasteiger charge is -2.08. The Balaban J connectivity index is 1.46. The number of hydrogen-bond acceptors (Lipinski definition) is 5. The molecule has 8 nitrogen and oxygen atoms in total. The van der Waals surface area contributed by atoms with Gasteiger partial charge < -0.3 is 15.6 Å². The van der Waals surface area contributed by atoms with E-state index in [-0.39, 0.29) is 23.7 Å². The first-order valence-corrected chi connectivity index (χ1v) is 10.0. The minimum absolute atomic E-state index is 0.0634. The van der Waals surface area contributed by atoms with Crippen LogP contribution in [0.1, 0.15) is 39.5 Å². The number of benzene rings is 1. The van der Waals surface area contributed by atoms with E-state index < -0.39 is 0 Å². The van der Waals surface area contributed by atoms with Gasteiger partial charge in [-0.25, -0.2) is 5.43 Å². The molecule has 0 radical (unpaired) electrons. The first-order valence-electron chi connectivity index (χ1n) is 10.0. The van der Waals surface area contributed by atoms with E-state index in [9.17, 15) is 9.59 Å². The fourth-order valence-corrected chi connectivity index (χ4v) is 3.96. The Morgan fingerprint density at radius 2 is 2.26 bits per heavy atom. The van der Waals surface area contributed by atoms with Crippen LogP contribution >= 0.6 is 0 Å². The van der Waals surface area contributed by atoms with Crippen LogP contribution in [-0.4, -0.2) is 41.6 Å². The van der Waals surface area contributed by atoms with E-state index in [2.05, 4.69) is 43.0 Å². The van der Waals surface area contributed by atoms with Gasteiger partial charge in [0.2, 0.25) is 5.91 Å². The van der Waals surface area contributed by atoms with Crippen LogP contribution in [0.2, 0.25) is 0 Å². The summed E-state index contributed by atoms with van der Waals surface area (Å²) in [6.45, 7) is 0.538. The van der Waals surface area contributed by atoms with Crippen LogP contribution in [-0.2, 0) is 4.79 Å². The molecule has 8 heteroatoms. The third-order valence-electron chi connectivity index (χ3n) is 5.53. The summed E-state index contributed by atoms with van der Waals surface area (Å²) in [4.78, 5) is 32.8. The van der Waals surface area contributed by atoms with E-state index in [4.69, 9.17) is 0 Å². The maximum Gasteiger partial charge on any atom is 0.272 e. The Morgan fingerprint density at radius 3 is 3.06 bits per heavy atom.